The van der Waals surface area contributed by atoms with Crippen molar-refractivity contribution < 1.29 is 35.9 Å². The summed E-state index contributed by atoms with van der Waals surface area (Å²) in [6.07, 6.45) is -4.02. The Balaban J connectivity index is 3.13. The molecule has 3 N–H and O–H groups in total. The Kier molecular flexibility index (Phi) is 4.68. The number of hydrogen-bond acceptors (Lipinski definition) is 3. The van der Waals surface area contributed by atoms with E-state index in [4.69, 9.17) is 5.11 Å². The van der Waals surface area contributed by atoms with Crippen molar-refractivity contribution in [3.8, 4) is 0 Å². The Labute approximate surface area is 117 Å². The maximum absolute atomic E-state index is 12.7. The number of H-pyrrole nitrogens is 1. The average molecular weight is 332 g/mol. The third kappa shape index (κ3) is 3.53. The molecule has 0 aromatic carbocycles. The van der Waals surface area contributed by atoms with Crippen LogP contribution in [0.3, 0.4) is 0 Å². The molecular formula is C10H12F4N2O4S. The van der Waals surface area contributed by atoms with Crippen LogP contribution in [0.25, 0.3) is 0 Å². The van der Waals surface area contributed by atoms with Crippen molar-refractivity contribution in [3.05, 3.63) is 17.0 Å². The maximum Gasteiger partial charge on any atom is 0.352 e. The summed E-state index contributed by atoms with van der Waals surface area (Å²) in [6.45, 7) is 0.589. The van der Waals surface area contributed by atoms with Crippen LogP contribution in [0, 0.1) is 13.8 Å². The van der Waals surface area contributed by atoms with Crippen molar-refractivity contribution in [2.45, 2.75) is 31.1 Å². The molecule has 1 aromatic rings. The molecule has 0 aliphatic carbocycles. The molecule has 0 aliphatic heterocycles. The van der Waals surface area contributed by atoms with Gasteiger partial charge in [-0.1, -0.05) is 0 Å². The number of aromatic amines is 1. The molecule has 0 saturated carbocycles. The van der Waals surface area contributed by atoms with Gasteiger partial charge in [0.05, 0.1) is 6.54 Å². The fraction of sp³-hybridized carbons (Fsp3) is 0.500. The third-order valence-corrected chi connectivity index (χ3v) is 4.34. The SMILES string of the molecule is Cc1[nH]c(C(=O)O)c(C)c1S(=O)(=O)NCC(F)(F)C(F)F. The van der Waals surface area contributed by atoms with Gasteiger partial charge in [0.2, 0.25) is 10.0 Å². The molecule has 1 heterocycles. The van der Waals surface area contributed by atoms with Gasteiger partial charge in [-0.3, -0.25) is 0 Å². The zero-order chi connectivity index (χ0) is 16.6. The summed E-state index contributed by atoms with van der Waals surface area (Å²) in [6, 6.07) is 0. The lowest BCUT2D eigenvalue weighted by atomic mass is 10.2. The second kappa shape index (κ2) is 5.64. The van der Waals surface area contributed by atoms with Crippen molar-refractivity contribution in [2.24, 2.45) is 0 Å². The second-order valence-electron chi connectivity index (χ2n) is 4.27. The van der Waals surface area contributed by atoms with Crippen LogP contribution in [0.5, 0.6) is 0 Å². The normalized spacial score (nSPS) is 12.9. The zero-order valence-corrected chi connectivity index (χ0v) is 11.7. The minimum absolute atomic E-state index is 0.0993. The molecule has 0 radical (unpaired) electrons. The molecule has 0 unspecified atom stereocenters. The summed E-state index contributed by atoms with van der Waals surface area (Å²) in [7, 11) is -4.56. The van der Waals surface area contributed by atoms with Gasteiger partial charge in [-0.25, -0.2) is 26.7 Å². The third-order valence-electron chi connectivity index (χ3n) is 2.67. The second-order valence-corrected chi connectivity index (χ2v) is 5.97. The monoisotopic (exact) mass is 332 g/mol. The van der Waals surface area contributed by atoms with Crippen molar-refractivity contribution in [1.82, 2.24) is 9.71 Å². The molecule has 0 saturated heterocycles. The van der Waals surface area contributed by atoms with Crippen LogP contribution >= 0.6 is 0 Å². The molecule has 120 valence electrons. The quantitative estimate of drug-likeness (QED) is 0.688. The molecule has 11 heteroatoms. The Morgan fingerprint density at radius 1 is 1.38 bits per heavy atom. The van der Waals surface area contributed by atoms with Crippen molar-refractivity contribution in [3.63, 3.8) is 0 Å². The number of hydrogen-bond donors (Lipinski definition) is 3. The summed E-state index contributed by atoms with van der Waals surface area (Å²) in [5.74, 6) is -5.96. The van der Waals surface area contributed by atoms with Crippen LogP contribution < -0.4 is 4.72 Å². The predicted octanol–water partition coefficient (Wildman–Crippen LogP) is 1.51. The molecule has 0 fully saturated rings. The number of aryl methyl sites for hydroxylation is 1. The summed E-state index contributed by atoms with van der Waals surface area (Å²) >= 11 is 0. The minimum atomic E-state index is -4.56. The molecule has 1 aromatic heterocycles. The largest absolute Gasteiger partial charge is 0.477 e. The van der Waals surface area contributed by atoms with Crippen molar-refractivity contribution in [1.29, 1.82) is 0 Å². The van der Waals surface area contributed by atoms with E-state index in [2.05, 4.69) is 4.98 Å². The molecule has 0 atom stereocenters. The lowest BCUT2D eigenvalue weighted by Gasteiger charge is -2.16. The van der Waals surface area contributed by atoms with Gasteiger partial charge in [-0.05, 0) is 13.8 Å². The summed E-state index contributed by atoms with van der Waals surface area (Å²) in [5, 5.41) is 8.84. The van der Waals surface area contributed by atoms with E-state index in [0.717, 1.165) is 6.92 Å². The molecule has 21 heavy (non-hydrogen) atoms. The van der Waals surface area contributed by atoms with Gasteiger partial charge >= 0.3 is 18.3 Å². The van der Waals surface area contributed by atoms with Gasteiger partial charge in [0.25, 0.3) is 0 Å². The topological polar surface area (TPSA) is 99.3 Å². The van der Waals surface area contributed by atoms with Crippen molar-refractivity contribution in [2.75, 3.05) is 6.54 Å². The highest BCUT2D eigenvalue weighted by Crippen LogP contribution is 2.25. The number of sulfonamides is 1. The number of halogens is 4. The summed E-state index contributed by atoms with van der Waals surface area (Å²) in [4.78, 5) is 12.6. The predicted molar refractivity (Wildman–Crippen MR) is 63.4 cm³/mol. The number of aromatic nitrogens is 1. The van der Waals surface area contributed by atoms with E-state index in [1.54, 1.807) is 0 Å². The van der Waals surface area contributed by atoms with Gasteiger partial charge in [0.1, 0.15) is 10.6 Å². The number of nitrogens with one attached hydrogen (secondary N) is 2. The summed E-state index contributed by atoms with van der Waals surface area (Å²) < 4.78 is 74.6. The first-order valence-electron chi connectivity index (χ1n) is 5.48. The van der Waals surface area contributed by atoms with Gasteiger partial charge in [-0.2, -0.15) is 8.78 Å². The van der Waals surface area contributed by atoms with Crippen LogP contribution in [-0.2, 0) is 10.0 Å². The number of carboxylic acids is 1. The lowest BCUT2D eigenvalue weighted by molar-refractivity contribution is -0.122. The Hall–Kier alpha value is -1.62. The van der Waals surface area contributed by atoms with E-state index in [-0.39, 0.29) is 11.3 Å². The lowest BCUT2D eigenvalue weighted by Crippen LogP contribution is -2.41. The summed E-state index contributed by atoms with van der Waals surface area (Å²) in [5.41, 5.74) is -0.723. The van der Waals surface area contributed by atoms with E-state index in [9.17, 15) is 30.8 Å². The fourth-order valence-corrected chi connectivity index (χ4v) is 3.18. The average Bonchev–Trinajstić information content (AvgIpc) is 2.63. The first-order chi connectivity index (χ1) is 9.40. The first kappa shape index (κ1) is 17.4. The molecule has 0 amide bonds. The van der Waals surface area contributed by atoms with E-state index >= 15 is 0 Å². The number of carbonyl (C=O) groups is 1. The van der Waals surface area contributed by atoms with Gasteiger partial charge in [0.15, 0.2) is 0 Å². The standard InChI is InChI=1S/C10H12F4N2O4S/c1-4-6(8(17)18)16-5(2)7(4)21(19,20)15-3-10(13,14)9(11)12/h9,15-16H,3H2,1-2H3,(H,17,18). The Morgan fingerprint density at radius 3 is 2.29 bits per heavy atom. The van der Waals surface area contributed by atoms with Crippen LogP contribution in [0.15, 0.2) is 4.90 Å². The maximum atomic E-state index is 12.7. The Bertz CT molecular complexity index is 654. The minimum Gasteiger partial charge on any atom is -0.477 e. The number of aromatic carboxylic acids is 1. The number of alkyl halides is 4. The van der Waals surface area contributed by atoms with Crippen LogP contribution in [0.4, 0.5) is 17.6 Å². The van der Waals surface area contributed by atoms with E-state index in [1.165, 1.54) is 11.6 Å². The van der Waals surface area contributed by atoms with E-state index in [1.807, 2.05) is 0 Å². The molecule has 1 rings (SSSR count). The van der Waals surface area contributed by atoms with Crippen LogP contribution in [0.1, 0.15) is 21.7 Å². The molecule has 0 aliphatic rings. The van der Waals surface area contributed by atoms with Crippen LogP contribution in [0.2, 0.25) is 0 Å². The smallest absolute Gasteiger partial charge is 0.352 e. The highest BCUT2D eigenvalue weighted by Gasteiger charge is 2.42. The fourth-order valence-electron chi connectivity index (χ4n) is 1.69. The molecular weight excluding hydrogens is 320 g/mol. The number of carboxylic acid groups (broad SMARTS) is 1. The van der Waals surface area contributed by atoms with Gasteiger partial charge in [0, 0.05) is 11.3 Å². The first-order valence-corrected chi connectivity index (χ1v) is 6.96. The molecule has 0 spiro atoms. The van der Waals surface area contributed by atoms with Crippen molar-refractivity contribution >= 4 is 16.0 Å². The highest BCUT2D eigenvalue weighted by atomic mass is 32.2. The van der Waals surface area contributed by atoms with E-state index in [0.29, 0.717) is 0 Å². The Morgan fingerprint density at radius 2 is 1.90 bits per heavy atom. The van der Waals surface area contributed by atoms with Gasteiger partial charge in [-0.15, -0.1) is 0 Å². The molecule has 6 nitrogen and oxygen atoms in total. The van der Waals surface area contributed by atoms with Gasteiger partial charge < -0.3 is 10.1 Å². The van der Waals surface area contributed by atoms with E-state index < -0.39 is 45.5 Å². The highest BCUT2D eigenvalue weighted by molar-refractivity contribution is 7.89. The molecule has 0 bridgehead atoms. The zero-order valence-electron chi connectivity index (χ0n) is 10.9. The van der Waals surface area contributed by atoms with Crippen LogP contribution in [-0.4, -0.2) is 43.4 Å². The number of rotatable bonds is 6.